The standard InChI is InChI=1S/C10H10N4O4/c15-6-2-1-4-9-13(12-11-4)3-5-7(16)8(17)10(18-5)14(6)9/h1-2,5,7-8,10,16-17H,3H2/t5-,7?,8?,10-/m1/s1. The first kappa shape index (κ1) is 10.2. The number of hydrogen-bond acceptors (Lipinski definition) is 6. The van der Waals surface area contributed by atoms with Crippen molar-refractivity contribution in [1.82, 2.24) is 19.6 Å². The van der Waals surface area contributed by atoms with E-state index in [2.05, 4.69) is 10.3 Å². The highest BCUT2D eigenvalue weighted by Crippen LogP contribution is 2.33. The molecule has 4 atom stereocenters. The molecule has 0 radical (unpaired) electrons. The average molecular weight is 250 g/mol. The molecule has 2 aliphatic heterocycles. The van der Waals surface area contributed by atoms with Crippen LogP contribution in [0.1, 0.15) is 6.23 Å². The molecule has 94 valence electrons. The van der Waals surface area contributed by atoms with Crippen LogP contribution >= 0.6 is 0 Å². The lowest BCUT2D eigenvalue weighted by molar-refractivity contribution is -0.0351. The average Bonchev–Trinajstić information content (AvgIpc) is 2.80. The highest BCUT2D eigenvalue weighted by molar-refractivity contribution is 5.70. The topological polar surface area (TPSA) is 102 Å². The van der Waals surface area contributed by atoms with Gasteiger partial charge in [-0.05, 0) is 6.07 Å². The Hall–Kier alpha value is -1.77. The quantitative estimate of drug-likeness (QED) is 0.573. The van der Waals surface area contributed by atoms with E-state index >= 15 is 0 Å². The Bertz CT molecular complexity index is 693. The van der Waals surface area contributed by atoms with E-state index in [-0.39, 0.29) is 12.1 Å². The van der Waals surface area contributed by atoms with Gasteiger partial charge in [0, 0.05) is 6.07 Å². The third kappa shape index (κ3) is 1.07. The maximum atomic E-state index is 12.0. The number of fused-ring (bicyclic) bond motifs is 3. The molecule has 2 unspecified atom stereocenters. The van der Waals surface area contributed by atoms with Crippen LogP contribution in [-0.4, -0.2) is 48.1 Å². The van der Waals surface area contributed by atoms with Gasteiger partial charge in [0.15, 0.2) is 11.9 Å². The number of aliphatic hydroxyl groups excluding tert-OH is 2. The Morgan fingerprint density at radius 1 is 1.33 bits per heavy atom. The van der Waals surface area contributed by atoms with Crippen LogP contribution in [0.5, 0.6) is 0 Å². The van der Waals surface area contributed by atoms with Crippen LogP contribution < -0.4 is 5.56 Å². The summed E-state index contributed by atoms with van der Waals surface area (Å²) in [6.07, 6.45) is -3.63. The van der Waals surface area contributed by atoms with Gasteiger partial charge in [0.2, 0.25) is 0 Å². The van der Waals surface area contributed by atoms with E-state index in [0.29, 0.717) is 11.2 Å². The van der Waals surface area contributed by atoms with Gasteiger partial charge in [0.05, 0.1) is 6.54 Å². The van der Waals surface area contributed by atoms with Crippen molar-refractivity contribution in [1.29, 1.82) is 0 Å². The van der Waals surface area contributed by atoms with E-state index in [4.69, 9.17) is 4.74 Å². The first-order valence-corrected chi connectivity index (χ1v) is 5.63. The number of hydrogen-bond donors (Lipinski definition) is 2. The molecule has 2 bridgehead atoms. The lowest BCUT2D eigenvalue weighted by Gasteiger charge is -2.19. The van der Waals surface area contributed by atoms with Crippen LogP contribution in [0.2, 0.25) is 0 Å². The van der Waals surface area contributed by atoms with Gasteiger partial charge < -0.3 is 14.9 Å². The molecule has 4 rings (SSSR count). The van der Waals surface area contributed by atoms with E-state index in [9.17, 15) is 15.0 Å². The molecule has 0 aliphatic carbocycles. The SMILES string of the molecule is O=c1ccc2nnn3c2n1[C@@H]1O[C@H](C3)C(O)C1O. The molecule has 18 heavy (non-hydrogen) atoms. The predicted octanol–water partition coefficient (Wildman–Crippen LogP) is -1.77. The minimum Gasteiger partial charge on any atom is -0.387 e. The molecule has 0 aromatic carbocycles. The van der Waals surface area contributed by atoms with Crippen molar-refractivity contribution in [3.8, 4) is 0 Å². The second-order valence-electron chi connectivity index (χ2n) is 4.57. The third-order valence-corrected chi connectivity index (χ3v) is 3.53. The maximum Gasteiger partial charge on any atom is 0.254 e. The molecule has 1 fully saturated rings. The summed E-state index contributed by atoms with van der Waals surface area (Å²) in [6, 6.07) is 2.93. The molecule has 4 heterocycles. The van der Waals surface area contributed by atoms with Crippen LogP contribution in [0.25, 0.3) is 11.2 Å². The first-order chi connectivity index (χ1) is 8.66. The monoisotopic (exact) mass is 250 g/mol. The molecule has 2 N–H and O–H groups in total. The van der Waals surface area contributed by atoms with E-state index in [0.717, 1.165) is 0 Å². The van der Waals surface area contributed by atoms with Gasteiger partial charge in [0.25, 0.3) is 5.56 Å². The molecule has 0 saturated carbocycles. The van der Waals surface area contributed by atoms with E-state index in [1.807, 2.05) is 0 Å². The summed E-state index contributed by atoms with van der Waals surface area (Å²) in [7, 11) is 0. The molecule has 2 aromatic rings. The summed E-state index contributed by atoms with van der Waals surface area (Å²) in [5.41, 5.74) is 0.762. The van der Waals surface area contributed by atoms with Gasteiger partial charge in [-0.2, -0.15) is 0 Å². The zero-order valence-electron chi connectivity index (χ0n) is 9.17. The molecule has 8 nitrogen and oxygen atoms in total. The summed E-state index contributed by atoms with van der Waals surface area (Å²) in [5.74, 6) is 0. The zero-order valence-corrected chi connectivity index (χ0v) is 9.17. The van der Waals surface area contributed by atoms with Crippen LogP contribution in [0.4, 0.5) is 0 Å². The number of nitrogens with zero attached hydrogens (tertiary/aromatic N) is 4. The van der Waals surface area contributed by atoms with E-state index in [1.165, 1.54) is 15.3 Å². The molecule has 8 heteroatoms. The second-order valence-corrected chi connectivity index (χ2v) is 4.57. The summed E-state index contributed by atoms with van der Waals surface area (Å²) in [6.45, 7) is 0.259. The van der Waals surface area contributed by atoms with Gasteiger partial charge in [-0.1, -0.05) is 5.21 Å². The zero-order chi connectivity index (χ0) is 12.4. The van der Waals surface area contributed by atoms with Crippen molar-refractivity contribution in [3.05, 3.63) is 22.5 Å². The minimum atomic E-state index is -1.12. The Balaban J connectivity index is 2.10. The van der Waals surface area contributed by atoms with Crippen molar-refractivity contribution >= 4 is 11.2 Å². The Morgan fingerprint density at radius 3 is 3.00 bits per heavy atom. The molecule has 1 saturated heterocycles. The molecule has 2 aliphatic rings. The third-order valence-electron chi connectivity index (χ3n) is 3.53. The number of rotatable bonds is 0. The van der Waals surface area contributed by atoms with Gasteiger partial charge in [-0.3, -0.25) is 9.36 Å². The fourth-order valence-corrected chi connectivity index (χ4v) is 2.64. The number of aromatic nitrogens is 4. The lowest BCUT2D eigenvalue weighted by atomic mass is 10.1. The first-order valence-electron chi connectivity index (χ1n) is 5.63. The summed E-state index contributed by atoms with van der Waals surface area (Å²) < 4.78 is 8.36. The van der Waals surface area contributed by atoms with E-state index in [1.54, 1.807) is 6.07 Å². The van der Waals surface area contributed by atoms with Crippen LogP contribution in [-0.2, 0) is 11.3 Å². The molecule has 2 aromatic heterocycles. The Morgan fingerprint density at radius 2 is 2.17 bits per heavy atom. The molecular weight excluding hydrogens is 240 g/mol. The van der Waals surface area contributed by atoms with Crippen molar-refractivity contribution < 1.29 is 14.9 Å². The largest absolute Gasteiger partial charge is 0.387 e. The number of aliphatic hydroxyl groups is 2. The number of ether oxygens (including phenoxy) is 1. The highest BCUT2D eigenvalue weighted by Gasteiger charge is 2.47. The summed E-state index contributed by atoms with van der Waals surface area (Å²) >= 11 is 0. The summed E-state index contributed by atoms with van der Waals surface area (Å²) in [4.78, 5) is 12.0. The molecule has 0 amide bonds. The Kier molecular flexibility index (Phi) is 1.79. The smallest absolute Gasteiger partial charge is 0.254 e. The molecule has 0 spiro atoms. The van der Waals surface area contributed by atoms with Gasteiger partial charge >= 0.3 is 0 Å². The fourth-order valence-electron chi connectivity index (χ4n) is 2.64. The Labute approximate surface area is 100 Å². The fraction of sp³-hybridized carbons (Fsp3) is 0.500. The molecular formula is C10H10N4O4. The van der Waals surface area contributed by atoms with Crippen LogP contribution in [0, 0.1) is 0 Å². The van der Waals surface area contributed by atoms with Crippen molar-refractivity contribution in [2.75, 3.05) is 0 Å². The van der Waals surface area contributed by atoms with Gasteiger partial charge in [0.1, 0.15) is 23.8 Å². The predicted molar refractivity (Wildman–Crippen MR) is 57.7 cm³/mol. The van der Waals surface area contributed by atoms with Crippen molar-refractivity contribution in [2.24, 2.45) is 0 Å². The highest BCUT2D eigenvalue weighted by atomic mass is 16.6. The normalized spacial score (nSPS) is 33.9. The van der Waals surface area contributed by atoms with Crippen LogP contribution in [0.15, 0.2) is 16.9 Å². The van der Waals surface area contributed by atoms with Gasteiger partial charge in [-0.25, -0.2) is 4.68 Å². The van der Waals surface area contributed by atoms with Crippen molar-refractivity contribution in [2.45, 2.75) is 31.1 Å². The van der Waals surface area contributed by atoms with Crippen LogP contribution in [0.3, 0.4) is 0 Å². The summed E-state index contributed by atoms with van der Waals surface area (Å²) in [5, 5.41) is 27.7. The van der Waals surface area contributed by atoms with Gasteiger partial charge in [-0.15, -0.1) is 5.10 Å². The van der Waals surface area contributed by atoms with Crippen molar-refractivity contribution in [3.63, 3.8) is 0 Å². The maximum absolute atomic E-state index is 12.0. The van der Waals surface area contributed by atoms with E-state index < -0.39 is 24.5 Å². The minimum absolute atomic E-state index is 0.259. The second kappa shape index (κ2) is 3.16. The lowest BCUT2D eigenvalue weighted by Crippen LogP contribution is -2.38. The number of pyridine rings is 1.